The number of rotatable bonds is 6. The number of para-hydroxylation sites is 1. The van der Waals surface area contributed by atoms with E-state index in [4.69, 9.17) is 4.74 Å². The zero-order chi connectivity index (χ0) is 13.5. The second-order valence-electron chi connectivity index (χ2n) is 4.53. The number of hydrogen-bond acceptors (Lipinski definition) is 3. The van der Waals surface area contributed by atoms with Gasteiger partial charge in [-0.05, 0) is 32.0 Å². The lowest BCUT2D eigenvalue weighted by Gasteiger charge is -2.12. The summed E-state index contributed by atoms with van der Waals surface area (Å²) in [7, 11) is 0. The Balaban J connectivity index is 2.15. The number of benzene rings is 1. The van der Waals surface area contributed by atoms with Crippen LogP contribution in [0.25, 0.3) is 0 Å². The normalized spacial score (nSPS) is 10.4. The van der Waals surface area contributed by atoms with E-state index in [-0.39, 0.29) is 0 Å². The van der Waals surface area contributed by atoms with Gasteiger partial charge < -0.3 is 10.1 Å². The topological polar surface area (TPSA) is 34.2 Å². The van der Waals surface area contributed by atoms with E-state index in [1.807, 2.05) is 49.5 Å². The fourth-order valence-corrected chi connectivity index (χ4v) is 1.81. The summed E-state index contributed by atoms with van der Waals surface area (Å²) in [5, 5.41) is 3.38. The molecule has 0 aliphatic rings. The molecule has 0 amide bonds. The van der Waals surface area contributed by atoms with Gasteiger partial charge in [0.05, 0.1) is 0 Å². The summed E-state index contributed by atoms with van der Waals surface area (Å²) in [5.74, 6) is 1.73. The Morgan fingerprint density at radius 1 is 1.21 bits per heavy atom. The number of nitrogens with one attached hydrogen (secondary N) is 1. The van der Waals surface area contributed by atoms with E-state index in [9.17, 15) is 0 Å². The second-order valence-corrected chi connectivity index (χ2v) is 4.53. The first kappa shape index (κ1) is 13.6. The van der Waals surface area contributed by atoms with E-state index in [2.05, 4.69) is 17.2 Å². The van der Waals surface area contributed by atoms with E-state index >= 15 is 0 Å². The molecule has 3 nitrogen and oxygen atoms in total. The van der Waals surface area contributed by atoms with Crippen LogP contribution in [0.2, 0.25) is 0 Å². The van der Waals surface area contributed by atoms with Crippen molar-refractivity contribution < 1.29 is 4.74 Å². The minimum absolute atomic E-state index is 0.781. The number of aryl methyl sites for hydroxylation is 1. The molecule has 0 fully saturated rings. The first-order valence-electron chi connectivity index (χ1n) is 6.68. The molecule has 0 aliphatic heterocycles. The average molecular weight is 256 g/mol. The number of aromatic nitrogens is 1. The van der Waals surface area contributed by atoms with Crippen LogP contribution in [-0.4, -0.2) is 11.5 Å². The third-order valence-electron chi connectivity index (χ3n) is 2.79. The maximum absolute atomic E-state index is 5.94. The van der Waals surface area contributed by atoms with Crippen LogP contribution >= 0.6 is 0 Å². The molecule has 0 unspecified atom stereocenters. The monoisotopic (exact) mass is 256 g/mol. The van der Waals surface area contributed by atoms with Gasteiger partial charge in [-0.15, -0.1) is 0 Å². The van der Waals surface area contributed by atoms with Crippen LogP contribution in [0.1, 0.15) is 24.6 Å². The Labute approximate surface area is 114 Å². The van der Waals surface area contributed by atoms with Gasteiger partial charge in [0, 0.05) is 30.1 Å². The minimum atomic E-state index is 0.781. The van der Waals surface area contributed by atoms with Crippen molar-refractivity contribution in [1.82, 2.24) is 10.3 Å². The van der Waals surface area contributed by atoms with Crippen LogP contribution in [0, 0.1) is 6.92 Å². The van der Waals surface area contributed by atoms with Crippen LogP contribution < -0.4 is 10.1 Å². The first-order valence-corrected chi connectivity index (χ1v) is 6.68. The number of hydrogen-bond donors (Lipinski definition) is 1. The van der Waals surface area contributed by atoms with Crippen molar-refractivity contribution in [2.75, 3.05) is 6.54 Å². The molecular weight excluding hydrogens is 236 g/mol. The summed E-state index contributed by atoms with van der Waals surface area (Å²) in [6, 6.07) is 11.8. The Kier molecular flexibility index (Phi) is 4.93. The van der Waals surface area contributed by atoms with E-state index in [0.29, 0.717) is 0 Å². The zero-order valence-corrected chi connectivity index (χ0v) is 11.5. The van der Waals surface area contributed by atoms with Crippen LogP contribution in [0.5, 0.6) is 11.5 Å². The lowest BCUT2D eigenvalue weighted by atomic mass is 10.2. The second kappa shape index (κ2) is 6.90. The van der Waals surface area contributed by atoms with Gasteiger partial charge in [-0.3, -0.25) is 4.98 Å². The molecule has 0 saturated heterocycles. The number of ether oxygens (including phenoxy) is 1. The quantitative estimate of drug-likeness (QED) is 0.800. The summed E-state index contributed by atoms with van der Waals surface area (Å²) in [5.41, 5.74) is 2.05. The molecule has 19 heavy (non-hydrogen) atoms. The molecule has 0 radical (unpaired) electrons. The van der Waals surface area contributed by atoms with Gasteiger partial charge in [-0.2, -0.15) is 0 Å². The lowest BCUT2D eigenvalue weighted by Crippen LogP contribution is -2.14. The van der Waals surface area contributed by atoms with Gasteiger partial charge in [0.25, 0.3) is 0 Å². The summed E-state index contributed by atoms with van der Waals surface area (Å²) in [6.45, 7) is 5.91. The van der Waals surface area contributed by atoms with Crippen molar-refractivity contribution in [2.24, 2.45) is 0 Å². The zero-order valence-electron chi connectivity index (χ0n) is 11.5. The van der Waals surface area contributed by atoms with E-state index < -0.39 is 0 Å². The molecule has 0 bridgehead atoms. The van der Waals surface area contributed by atoms with E-state index in [1.165, 1.54) is 0 Å². The van der Waals surface area contributed by atoms with E-state index in [0.717, 1.165) is 42.3 Å². The average Bonchev–Trinajstić information content (AvgIpc) is 2.43. The predicted octanol–water partition coefficient (Wildman–Crippen LogP) is 3.68. The van der Waals surface area contributed by atoms with Crippen molar-refractivity contribution in [3.8, 4) is 11.5 Å². The van der Waals surface area contributed by atoms with Crippen molar-refractivity contribution in [1.29, 1.82) is 0 Å². The molecule has 0 atom stereocenters. The van der Waals surface area contributed by atoms with Crippen molar-refractivity contribution in [3.63, 3.8) is 0 Å². The third kappa shape index (κ3) is 4.07. The Morgan fingerprint density at radius 2 is 2.00 bits per heavy atom. The van der Waals surface area contributed by atoms with Gasteiger partial charge in [-0.25, -0.2) is 0 Å². The summed E-state index contributed by atoms with van der Waals surface area (Å²) in [6.07, 6.45) is 3.00. The maximum Gasteiger partial charge on any atom is 0.135 e. The molecule has 0 aliphatic carbocycles. The summed E-state index contributed by atoms with van der Waals surface area (Å²) < 4.78 is 5.94. The lowest BCUT2D eigenvalue weighted by molar-refractivity contribution is 0.471. The number of pyridine rings is 1. The van der Waals surface area contributed by atoms with Crippen LogP contribution in [0.15, 0.2) is 42.6 Å². The molecule has 1 heterocycles. The molecule has 0 spiro atoms. The van der Waals surface area contributed by atoms with Crippen molar-refractivity contribution >= 4 is 0 Å². The SMILES string of the molecule is CCCNCc1cnc(C)cc1Oc1ccccc1. The molecule has 0 saturated carbocycles. The highest BCUT2D eigenvalue weighted by atomic mass is 16.5. The molecule has 100 valence electrons. The Hall–Kier alpha value is -1.87. The molecule has 2 rings (SSSR count). The first-order chi connectivity index (χ1) is 9.29. The van der Waals surface area contributed by atoms with Gasteiger partial charge in [0.1, 0.15) is 11.5 Å². The molecule has 1 aromatic carbocycles. The summed E-state index contributed by atoms with van der Waals surface area (Å²) in [4.78, 5) is 4.34. The number of nitrogens with zero attached hydrogens (tertiary/aromatic N) is 1. The Bertz CT molecular complexity index is 511. The minimum Gasteiger partial charge on any atom is -0.457 e. The van der Waals surface area contributed by atoms with Gasteiger partial charge in [-0.1, -0.05) is 25.1 Å². The van der Waals surface area contributed by atoms with Crippen LogP contribution in [-0.2, 0) is 6.54 Å². The molecule has 1 N–H and O–H groups in total. The molecule has 3 heteroatoms. The highest BCUT2D eigenvalue weighted by molar-refractivity contribution is 5.37. The maximum atomic E-state index is 5.94. The highest BCUT2D eigenvalue weighted by Gasteiger charge is 2.06. The summed E-state index contributed by atoms with van der Waals surface area (Å²) >= 11 is 0. The predicted molar refractivity (Wildman–Crippen MR) is 77.5 cm³/mol. The van der Waals surface area contributed by atoms with Crippen molar-refractivity contribution in [2.45, 2.75) is 26.8 Å². The van der Waals surface area contributed by atoms with Gasteiger partial charge >= 0.3 is 0 Å². The fourth-order valence-electron chi connectivity index (χ4n) is 1.81. The Morgan fingerprint density at radius 3 is 2.74 bits per heavy atom. The van der Waals surface area contributed by atoms with E-state index in [1.54, 1.807) is 0 Å². The fraction of sp³-hybridized carbons (Fsp3) is 0.312. The third-order valence-corrected chi connectivity index (χ3v) is 2.79. The van der Waals surface area contributed by atoms with Crippen LogP contribution in [0.4, 0.5) is 0 Å². The smallest absolute Gasteiger partial charge is 0.135 e. The molecule has 1 aromatic heterocycles. The van der Waals surface area contributed by atoms with Crippen LogP contribution in [0.3, 0.4) is 0 Å². The molecular formula is C16H20N2O. The largest absolute Gasteiger partial charge is 0.457 e. The highest BCUT2D eigenvalue weighted by Crippen LogP contribution is 2.25. The van der Waals surface area contributed by atoms with Gasteiger partial charge in [0.2, 0.25) is 0 Å². The van der Waals surface area contributed by atoms with Crippen molar-refractivity contribution in [3.05, 3.63) is 53.9 Å². The van der Waals surface area contributed by atoms with Gasteiger partial charge in [0.15, 0.2) is 0 Å². The molecule has 2 aromatic rings. The standard InChI is InChI=1S/C16H20N2O/c1-3-9-17-11-14-12-18-13(2)10-16(14)19-15-7-5-4-6-8-15/h4-8,10,12,17H,3,9,11H2,1-2H3.